The summed E-state index contributed by atoms with van der Waals surface area (Å²) in [5.41, 5.74) is 1.30. The highest BCUT2D eigenvalue weighted by atomic mass is 16.5. The number of nitrogens with zero attached hydrogens (tertiary/aromatic N) is 2. The van der Waals surface area contributed by atoms with Gasteiger partial charge in [0.05, 0.1) is 6.61 Å². The summed E-state index contributed by atoms with van der Waals surface area (Å²) in [5, 5.41) is 0. The molecule has 0 amide bonds. The molecule has 0 spiro atoms. The summed E-state index contributed by atoms with van der Waals surface area (Å²) in [6.07, 6.45) is 0.989. The van der Waals surface area contributed by atoms with Crippen molar-refractivity contribution in [1.29, 1.82) is 0 Å². The van der Waals surface area contributed by atoms with Gasteiger partial charge in [-0.1, -0.05) is 6.92 Å². The fourth-order valence-corrected chi connectivity index (χ4v) is 2.52. The van der Waals surface area contributed by atoms with Crippen LogP contribution in [0.2, 0.25) is 0 Å². The zero-order chi connectivity index (χ0) is 13.7. The molecule has 0 bridgehead atoms. The van der Waals surface area contributed by atoms with Gasteiger partial charge >= 0.3 is 0 Å². The molecule has 0 aromatic heterocycles. The minimum Gasteiger partial charge on any atom is -0.494 e. The van der Waals surface area contributed by atoms with Crippen LogP contribution in [-0.4, -0.2) is 43.7 Å². The normalized spacial score (nSPS) is 18.4. The predicted molar refractivity (Wildman–Crippen MR) is 80.8 cm³/mol. The van der Waals surface area contributed by atoms with Gasteiger partial charge in [-0.15, -0.1) is 0 Å². The third-order valence-corrected chi connectivity index (χ3v) is 3.87. The van der Waals surface area contributed by atoms with Crippen LogP contribution in [0.25, 0.3) is 0 Å². The molecular weight excluding hydrogens is 236 g/mol. The maximum absolute atomic E-state index is 5.48. The Kier molecular flexibility index (Phi) is 5.08. The monoisotopic (exact) mass is 261 g/mol. The summed E-state index contributed by atoms with van der Waals surface area (Å²) in [6.45, 7) is 13.4. The first-order valence-corrected chi connectivity index (χ1v) is 7.25. The van der Waals surface area contributed by atoms with Crippen LogP contribution in [0.4, 0.5) is 5.69 Å². The summed E-state index contributed by atoms with van der Waals surface area (Å²) in [6, 6.07) is 9.03. The van der Waals surface area contributed by atoms with Crippen molar-refractivity contribution in [3.05, 3.63) is 31.2 Å². The van der Waals surface area contributed by atoms with E-state index in [9.17, 15) is 0 Å². The second-order valence-electron chi connectivity index (χ2n) is 5.09. The molecule has 19 heavy (non-hydrogen) atoms. The Morgan fingerprint density at radius 3 is 2.32 bits per heavy atom. The van der Waals surface area contributed by atoms with E-state index >= 15 is 0 Å². The Morgan fingerprint density at radius 1 is 1.16 bits per heavy atom. The molecule has 1 fully saturated rings. The average Bonchev–Trinajstić information content (AvgIpc) is 2.48. The minimum absolute atomic E-state index is 0.600. The molecule has 0 saturated carbocycles. The van der Waals surface area contributed by atoms with Gasteiger partial charge in [0, 0.05) is 37.9 Å². The van der Waals surface area contributed by atoms with Crippen molar-refractivity contribution >= 4 is 5.69 Å². The molecule has 0 aliphatic carbocycles. The van der Waals surface area contributed by atoms with Crippen molar-refractivity contribution in [2.45, 2.75) is 26.3 Å². The van der Waals surface area contributed by atoms with Crippen LogP contribution in [-0.2, 0) is 0 Å². The predicted octanol–water partition coefficient (Wildman–Crippen LogP) is 2.82. The number of anilines is 1. The van der Waals surface area contributed by atoms with Crippen molar-refractivity contribution in [2.75, 3.05) is 37.7 Å². The largest absolute Gasteiger partial charge is 0.494 e. The Hall–Kier alpha value is -1.22. The zero-order valence-corrected chi connectivity index (χ0v) is 12.1. The van der Waals surface area contributed by atoms with Gasteiger partial charge in [-0.25, -0.2) is 0 Å². The van der Waals surface area contributed by atoms with Crippen LogP contribution in [0.5, 0.6) is 5.75 Å². The third kappa shape index (κ3) is 3.63. The van der Waals surface area contributed by atoms with Gasteiger partial charge < -0.3 is 9.64 Å². The zero-order valence-electron chi connectivity index (χ0n) is 12.1. The van der Waals surface area contributed by atoms with Gasteiger partial charge in [-0.2, -0.15) is 0 Å². The SMILES string of the molecule is [CH2]CC(C)N1CCN(c2ccc(OCC)cc2)CC1. The van der Waals surface area contributed by atoms with Gasteiger partial charge in [-0.05, 0) is 44.5 Å². The third-order valence-electron chi connectivity index (χ3n) is 3.87. The molecule has 1 unspecified atom stereocenters. The maximum atomic E-state index is 5.48. The van der Waals surface area contributed by atoms with Crippen LogP contribution >= 0.6 is 0 Å². The smallest absolute Gasteiger partial charge is 0.119 e. The number of rotatable bonds is 5. The Bertz CT molecular complexity index is 369. The Balaban J connectivity index is 1.90. The fourth-order valence-electron chi connectivity index (χ4n) is 2.52. The number of hydrogen-bond donors (Lipinski definition) is 0. The van der Waals surface area contributed by atoms with Gasteiger partial charge in [0.2, 0.25) is 0 Å². The van der Waals surface area contributed by atoms with E-state index in [1.165, 1.54) is 5.69 Å². The van der Waals surface area contributed by atoms with Gasteiger partial charge in [-0.3, -0.25) is 4.90 Å². The number of piperazine rings is 1. The van der Waals surface area contributed by atoms with Gasteiger partial charge in [0.25, 0.3) is 0 Å². The first kappa shape index (κ1) is 14.2. The fraction of sp³-hybridized carbons (Fsp3) is 0.562. The van der Waals surface area contributed by atoms with E-state index in [4.69, 9.17) is 4.74 Å². The van der Waals surface area contributed by atoms with Crippen molar-refractivity contribution in [2.24, 2.45) is 0 Å². The first-order chi connectivity index (χ1) is 9.24. The summed E-state index contributed by atoms with van der Waals surface area (Å²) in [5.74, 6) is 0.954. The van der Waals surface area contributed by atoms with Crippen LogP contribution in [0, 0.1) is 6.92 Å². The molecule has 1 radical (unpaired) electrons. The van der Waals surface area contributed by atoms with Crippen molar-refractivity contribution < 1.29 is 4.74 Å². The van der Waals surface area contributed by atoms with E-state index in [1.54, 1.807) is 0 Å². The standard InChI is InChI=1S/C16H25N2O/c1-4-14(3)17-10-12-18(13-11-17)15-6-8-16(9-7-15)19-5-2/h6-9,14H,1,4-5,10-13H2,2-3H3. The quantitative estimate of drug-likeness (QED) is 0.810. The molecule has 2 rings (SSSR count). The summed E-state index contributed by atoms with van der Waals surface area (Å²) < 4.78 is 5.48. The molecule has 1 aromatic rings. The van der Waals surface area contributed by atoms with E-state index < -0.39 is 0 Å². The highest BCUT2D eigenvalue weighted by molar-refractivity contribution is 5.49. The molecule has 1 aliphatic heterocycles. The van der Waals surface area contributed by atoms with Crippen LogP contribution in [0.1, 0.15) is 20.3 Å². The lowest BCUT2D eigenvalue weighted by atomic mass is 10.1. The van der Waals surface area contributed by atoms with E-state index in [2.05, 4.69) is 47.9 Å². The van der Waals surface area contributed by atoms with Gasteiger partial charge in [0.1, 0.15) is 5.75 Å². The summed E-state index contributed by atoms with van der Waals surface area (Å²) in [4.78, 5) is 4.97. The molecule has 3 nitrogen and oxygen atoms in total. The number of ether oxygens (including phenoxy) is 1. The highest BCUT2D eigenvalue weighted by Crippen LogP contribution is 2.21. The molecule has 1 heterocycles. The van der Waals surface area contributed by atoms with Crippen LogP contribution < -0.4 is 9.64 Å². The van der Waals surface area contributed by atoms with Crippen molar-refractivity contribution in [3.63, 3.8) is 0 Å². The second-order valence-corrected chi connectivity index (χ2v) is 5.09. The molecule has 1 atom stereocenters. The van der Waals surface area contributed by atoms with E-state index in [1.807, 2.05) is 6.92 Å². The molecule has 1 aromatic carbocycles. The van der Waals surface area contributed by atoms with E-state index in [0.29, 0.717) is 6.04 Å². The van der Waals surface area contributed by atoms with Crippen molar-refractivity contribution in [1.82, 2.24) is 4.90 Å². The molecule has 1 aliphatic rings. The molecule has 105 valence electrons. The van der Waals surface area contributed by atoms with Crippen molar-refractivity contribution in [3.8, 4) is 5.75 Å². The van der Waals surface area contributed by atoms with Crippen LogP contribution in [0.3, 0.4) is 0 Å². The van der Waals surface area contributed by atoms with Crippen LogP contribution in [0.15, 0.2) is 24.3 Å². The van der Waals surface area contributed by atoms with E-state index in [0.717, 1.165) is 45.0 Å². The lowest BCUT2D eigenvalue weighted by Gasteiger charge is -2.39. The lowest BCUT2D eigenvalue weighted by Crippen LogP contribution is -2.49. The second kappa shape index (κ2) is 6.80. The number of benzene rings is 1. The molecular formula is C16H25N2O. The number of hydrogen-bond acceptors (Lipinski definition) is 3. The molecule has 0 N–H and O–H groups in total. The highest BCUT2D eigenvalue weighted by Gasteiger charge is 2.20. The molecule has 3 heteroatoms. The maximum Gasteiger partial charge on any atom is 0.119 e. The Labute approximate surface area is 117 Å². The average molecular weight is 261 g/mol. The lowest BCUT2D eigenvalue weighted by molar-refractivity contribution is 0.197. The van der Waals surface area contributed by atoms with E-state index in [-0.39, 0.29) is 0 Å². The summed E-state index contributed by atoms with van der Waals surface area (Å²) in [7, 11) is 0. The summed E-state index contributed by atoms with van der Waals surface area (Å²) >= 11 is 0. The topological polar surface area (TPSA) is 15.7 Å². The van der Waals surface area contributed by atoms with Gasteiger partial charge in [0.15, 0.2) is 0 Å². The first-order valence-electron chi connectivity index (χ1n) is 7.25. The Morgan fingerprint density at radius 2 is 1.79 bits per heavy atom. The minimum atomic E-state index is 0.600. The molecule has 1 saturated heterocycles.